The van der Waals surface area contributed by atoms with Crippen LogP contribution in [-0.4, -0.2) is 11.6 Å². The third-order valence-corrected chi connectivity index (χ3v) is 2.60. The van der Waals surface area contributed by atoms with Gasteiger partial charge in [0.2, 0.25) is 0 Å². The Balaban J connectivity index is 3.20. The van der Waals surface area contributed by atoms with Gasteiger partial charge in [0.15, 0.2) is 0 Å². The van der Waals surface area contributed by atoms with Gasteiger partial charge >= 0.3 is 5.97 Å². The maximum Gasteiger partial charge on any atom is 0.340 e. The molecule has 0 bridgehead atoms. The number of hydrogen-bond donors (Lipinski definition) is 1. The molecule has 0 unspecified atom stereocenters. The average molecular weight is 280 g/mol. The lowest BCUT2D eigenvalue weighted by Crippen LogP contribution is -2.24. The summed E-state index contributed by atoms with van der Waals surface area (Å²) in [5, 5.41) is -0.409. The SMILES string of the molecule is CC(C)(C)OC(=O)c1cc(F)c(Cl)c(N)c1Cl. The van der Waals surface area contributed by atoms with Crippen molar-refractivity contribution in [2.24, 2.45) is 0 Å². The van der Waals surface area contributed by atoms with Crippen LogP contribution in [0.4, 0.5) is 10.1 Å². The van der Waals surface area contributed by atoms with Gasteiger partial charge in [-0.2, -0.15) is 0 Å². The first-order chi connectivity index (χ1) is 7.63. The van der Waals surface area contributed by atoms with Crippen molar-refractivity contribution in [3.05, 3.63) is 27.5 Å². The van der Waals surface area contributed by atoms with E-state index < -0.39 is 17.4 Å². The second-order valence-electron chi connectivity index (χ2n) is 4.45. The van der Waals surface area contributed by atoms with Gasteiger partial charge in [-0.15, -0.1) is 0 Å². The number of carbonyl (C=O) groups is 1. The van der Waals surface area contributed by atoms with Crippen LogP contribution < -0.4 is 5.73 Å². The van der Waals surface area contributed by atoms with Crippen molar-refractivity contribution in [1.82, 2.24) is 0 Å². The average Bonchev–Trinajstić information content (AvgIpc) is 2.17. The van der Waals surface area contributed by atoms with E-state index in [0.717, 1.165) is 6.07 Å². The third kappa shape index (κ3) is 3.23. The number of nitrogen functional groups attached to an aromatic ring is 1. The lowest BCUT2D eigenvalue weighted by molar-refractivity contribution is 0.00693. The minimum absolute atomic E-state index is 0.106. The van der Waals surface area contributed by atoms with Gasteiger partial charge in [0.05, 0.1) is 16.3 Å². The number of carbonyl (C=O) groups excluding carboxylic acids is 1. The van der Waals surface area contributed by atoms with Gasteiger partial charge in [0, 0.05) is 0 Å². The van der Waals surface area contributed by atoms with Crippen LogP contribution in [0.2, 0.25) is 10.0 Å². The molecule has 0 saturated carbocycles. The highest BCUT2D eigenvalue weighted by Crippen LogP contribution is 2.33. The number of hydrogen-bond acceptors (Lipinski definition) is 3. The monoisotopic (exact) mass is 279 g/mol. The zero-order valence-corrected chi connectivity index (χ0v) is 11.1. The lowest BCUT2D eigenvalue weighted by atomic mass is 10.1. The molecule has 0 aliphatic rings. The quantitative estimate of drug-likeness (QED) is 0.485. The molecule has 3 nitrogen and oxygen atoms in total. The van der Waals surface area contributed by atoms with Crippen molar-refractivity contribution in [2.45, 2.75) is 26.4 Å². The summed E-state index contributed by atoms with van der Waals surface area (Å²) in [5.74, 6) is -1.56. The molecule has 6 heteroatoms. The van der Waals surface area contributed by atoms with Crippen molar-refractivity contribution < 1.29 is 13.9 Å². The molecule has 0 aliphatic heterocycles. The Hall–Kier alpha value is -1.00. The van der Waals surface area contributed by atoms with Crippen LogP contribution in [0.3, 0.4) is 0 Å². The molecule has 0 aromatic heterocycles. The largest absolute Gasteiger partial charge is 0.456 e. The summed E-state index contributed by atoms with van der Waals surface area (Å²) in [6.07, 6.45) is 0. The van der Waals surface area contributed by atoms with Gasteiger partial charge < -0.3 is 10.5 Å². The molecule has 0 atom stereocenters. The minimum Gasteiger partial charge on any atom is -0.456 e. The van der Waals surface area contributed by atoms with Crippen molar-refractivity contribution in [3.63, 3.8) is 0 Å². The Morgan fingerprint density at radius 1 is 1.35 bits per heavy atom. The minimum atomic E-state index is -0.811. The lowest BCUT2D eigenvalue weighted by Gasteiger charge is -2.20. The molecule has 17 heavy (non-hydrogen) atoms. The first-order valence-corrected chi connectivity index (χ1v) is 5.55. The maximum atomic E-state index is 13.3. The molecule has 0 radical (unpaired) electrons. The first kappa shape index (κ1) is 14.1. The van der Waals surface area contributed by atoms with Crippen molar-refractivity contribution in [2.75, 3.05) is 5.73 Å². The number of halogens is 3. The smallest absolute Gasteiger partial charge is 0.340 e. The number of benzene rings is 1. The van der Waals surface area contributed by atoms with Crippen LogP contribution in [0.15, 0.2) is 6.07 Å². The highest BCUT2D eigenvalue weighted by molar-refractivity contribution is 6.40. The Kier molecular flexibility index (Phi) is 3.89. The van der Waals surface area contributed by atoms with Gasteiger partial charge in [-0.1, -0.05) is 23.2 Å². The van der Waals surface area contributed by atoms with Gasteiger partial charge in [-0.3, -0.25) is 0 Å². The second-order valence-corrected chi connectivity index (χ2v) is 5.21. The van der Waals surface area contributed by atoms with E-state index in [4.69, 9.17) is 33.7 Å². The topological polar surface area (TPSA) is 52.3 Å². The number of ether oxygens (including phenoxy) is 1. The van der Waals surface area contributed by atoms with Crippen LogP contribution in [0.5, 0.6) is 0 Å². The summed E-state index contributed by atoms with van der Waals surface area (Å²) in [7, 11) is 0. The molecular formula is C11H12Cl2FNO2. The zero-order chi connectivity index (χ0) is 13.4. The van der Waals surface area contributed by atoms with E-state index in [0.29, 0.717) is 0 Å². The van der Waals surface area contributed by atoms with Gasteiger partial charge in [0.1, 0.15) is 16.4 Å². The molecule has 0 amide bonds. The molecule has 0 fully saturated rings. The van der Waals surface area contributed by atoms with Crippen molar-refractivity contribution >= 4 is 34.9 Å². The van der Waals surface area contributed by atoms with E-state index in [2.05, 4.69) is 0 Å². The van der Waals surface area contributed by atoms with Crippen LogP contribution in [0, 0.1) is 5.82 Å². The molecule has 0 spiro atoms. The molecule has 1 aromatic rings. The summed E-state index contributed by atoms with van der Waals surface area (Å²) in [6.45, 7) is 5.07. The van der Waals surface area contributed by atoms with E-state index in [1.54, 1.807) is 20.8 Å². The van der Waals surface area contributed by atoms with Crippen LogP contribution >= 0.6 is 23.2 Å². The highest BCUT2D eigenvalue weighted by Gasteiger charge is 2.23. The van der Waals surface area contributed by atoms with Gasteiger partial charge in [0.25, 0.3) is 0 Å². The fraction of sp³-hybridized carbons (Fsp3) is 0.364. The fourth-order valence-corrected chi connectivity index (χ4v) is 1.53. The Labute approximate surface area is 109 Å². The number of anilines is 1. The van der Waals surface area contributed by atoms with Crippen molar-refractivity contribution in [3.8, 4) is 0 Å². The summed E-state index contributed by atoms with van der Waals surface area (Å²) in [6, 6.07) is 0.912. The van der Waals surface area contributed by atoms with Crippen LogP contribution in [0.1, 0.15) is 31.1 Å². The summed E-state index contributed by atoms with van der Waals surface area (Å²) < 4.78 is 18.4. The Morgan fingerprint density at radius 2 is 1.88 bits per heavy atom. The van der Waals surface area contributed by atoms with Crippen LogP contribution in [0.25, 0.3) is 0 Å². The predicted octanol–water partition coefficient (Wildman–Crippen LogP) is 3.67. The normalized spacial score (nSPS) is 11.4. The molecule has 0 heterocycles. The summed E-state index contributed by atoms with van der Waals surface area (Å²) >= 11 is 11.4. The van der Waals surface area contributed by atoms with Crippen LogP contribution in [-0.2, 0) is 4.74 Å². The highest BCUT2D eigenvalue weighted by atomic mass is 35.5. The molecular weight excluding hydrogens is 268 g/mol. The molecule has 0 saturated heterocycles. The van der Waals surface area contributed by atoms with E-state index >= 15 is 0 Å². The summed E-state index contributed by atoms with van der Waals surface area (Å²) in [5.41, 5.74) is 4.46. The molecule has 94 valence electrons. The predicted molar refractivity (Wildman–Crippen MR) is 66.0 cm³/mol. The number of rotatable bonds is 1. The van der Waals surface area contributed by atoms with E-state index in [-0.39, 0.29) is 21.3 Å². The number of nitrogens with two attached hydrogens (primary N) is 1. The number of esters is 1. The zero-order valence-electron chi connectivity index (χ0n) is 9.61. The fourth-order valence-electron chi connectivity index (χ4n) is 1.11. The Morgan fingerprint density at radius 3 is 2.35 bits per heavy atom. The molecule has 2 N–H and O–H groups in total. The maximum absolute atomic E-state index is 13.3. The van der Waals surface area contributed by atoms with Gasteiger partial charge in [-0.25, -0.2) is 9.18 Å². The standard InChI is InChI=1S/C11H12Cl2FNO2/c1-11(2,3)17-10(16)5-4-6(14)8(13)9(15)7(5)12/h4H,15H2,1-3H3. The first-order valence-electron chi connectivity index (χ1n) is 4.80. The second kappa shape index (κ2) is 4.70. The Bertz CT molecular complexity index is 470. The molecule has 1 rings (SSSR count). The van der Waals surface area contributed by atoms with E-state index in [1.807, 2.05) is 0 Å². The summed E-state index contributed by atoms with van der Waals surface area (Å²) in [4.78, 5) is 11.7. The van der Waals surface area contributed by atoms with E-state index in [1.165, 1.54) is 0 Å². The van der Waals surface area contributed by atoms with E-state index in [9.17, 15) is 9.18 Å². The van der Waals surface area contributed by atoms with Crippen molar-refractivity contribution in [1.29, 1.82) is 0 Å². The third-order valence-electron chi connectivity index (χ3n) is 1.81. The molecule has 1 aromatic carbocycles. The van der Waals surface area contributed by atoms with Gasteiger partial charge in [-0.05, 0) is 26.8 Å². The molecule has 0 aliphatic carbocycles.